The van der Waals surface area contributed by atoms with Gasteiger partial charge in [0, 0.05) is 31.8 Å². The molecular weight excluding hydrogens is 587 g/mol. The summed E-state index contributed by atoms with van der Waals surface area (Å²) in [5.74, 6) is -0.319. The van der Waals surface area contributed by atoms with Gasteiger partial charge in [-0.3, -0.25) is 10.1 Å². The van der Waals surface area contributed by atoms with E-state index in [9.17, 15) is 9.59 Å². The number of aryl methyl sites for hydroxylation is 1. The zero-order valence-electron chi connectivity index (χ0n) is 24.5. The molecule has 0 spiro atoms. The maximum absolute atomic E-state index is 15.3. The normalized spacial score (nSPS) is 16.2. The van der Waals surface area contributed by atoms with E-state index in [1.807, 2.05) is 19.1 Å². The highest BCUT2D eigenvalue weighted by Crippen LogP contribution is 2.38. The van der Waals surface area contributed by atoms with E-state index < -0.39 is 24.1 Å². The summed E-state index contributed by atoms with van der Waals surface area (Å²) in [5.41, 5.74) is 4.26. The summed E-state index contributed by atoms with van der Waals surface area (Å²) in [6.07, 6.45) is 3.10. The lowest BCUT2D eigenvalue weighted by atomic mass is 10.1. The minimum absolute atomic E-state index is 0.0672. The molecule has 0 radical (unpaired) electrons. The van der Waals surface area contributed by atoms with Gasteiger partial charge in [-0.25, -0.2) is 29.1 Å². The Morgan fingerprint density at radius 3 is 2.59 bits per heavy atom. The first kappa shape index (κ1) is 29.2. The Hall–Kier alpha value is -4.91. The van der Waals surface area contributed by atoms with Crippen molar-refractivity contribution in [1.82, 2.24) is 24.8 Å². The summed E-state index contributed by atoms with van der Waals surface area (Å²) in [6.45, 7) is 1.96. The number of amides is 2. The topological polar surface area (TPSA) is 129 Å². The van der Waals surface area contributed by atoms with E-state index in [1.165, 1.54) is 41.7 Å². The summed E-state index contributed by atoms with van der Waals surface area (Å²) in [4.78, 5) is 43.9. The average molecular weight is 617 g/mol. The minimum Gasteiger partial charge on any atom is -0.483 e. The molecule has 44 heavy (non-hydrogen) atoms. The molecule has 2 aromatic carbocycles. The number of ether oxygens (including phenoxy) is 3. The molecule has 3 heterocycles. The summed E-state index contributed by atoms with van der Waals surface area (Å²) < 4.78 is 32.9. The maximum Gasteiger partial charge on any atom is 0.412 e. The molecule has 13 heteroatoms. The van der Waals surface area contributed by atoms with E-state index in [0.717, 1.165) is 22.2 Å². The number of hydrogen-bond acceptors (Lipinski definition) is 10. The number of carbonyl (C=O) groups excluding carboxylic acids is 2. The largest absolute Gasteiger partial charge is 0.483 e. The van der Waals surface area contributed by atoms with Gasteiger partial charge in [0.1, 0.15) is 22.9 Å². The van der Waals surface area contributed by atoms with E-state index in [4.69, 9.17) is 14.2 Å². The van der Waals surface area contributed by atoms with Gasteiger partial charge in [-0.1, -0.05) is 0 Å². The highest BCUT2D eigenvalue weighted by atomic mass is 32.1. The fraction of sp³-hybridized carbons (Fsp3) is 0.290. The summed E-state index contributed by atoms with van der Waals surface area (Å²) in [7, 11) is 4.80. The summed E-state index contributed by atoms with van der Waals surface area (Å²) in [6, 6.07) is 9.99. The number of nitrogens with zero attached hydrogens (tertiary/aromatic N) is 5. The second kappa shape index (κ2) is 12.0. The van der Waals surface area contributed by atoms with Crippen LogP contribution in [0.4, 0.5) is 14.9 Å². The first-order chi connectivity index (χ1) is 21.2. The van der Waals surface area contributed by atoms with Crippen LogP contribution in [0.2, 0.25) is 0 Å². The van der Waals surface area contributed by atoms with Gasteiger partial charge in [0.05, 0.1) is 46.4 Å². The molecule has 2 atom stereocenters. The Morgan fingerprint density at radius 1 is 1.02 bits per heavy atom. The van der Waals surface area contributed by atoms with Gasteiger partial charge in [-0.15, -0.1) is 11.3 Å². The van der Waals surface area contributed by atoms with Crippen molar-refractivity contribution in [3.63, 3.8) is 0 Å². The first-order valence-corrected chi connectivity index (χ1v) is 14.7. The molecule has 11 nitrogen and oxygen atoms in total. The number of pyridine rings is 1. The van der Waals surface area contributed by atoms with Crippen molar-refractivity contribution in [3.8, 4) is 22.2 Å². The molecule has 5 aromatic rings. The minimum atomic E-state index is -0.687. The van der Waals surface area contributed by atoms with Crippen molar-refractivity contribution >= 4 is 50.3 Å². The van der Waals surface area contributed by atoms with Crippen LogP contribution in [0.5, 0.6) is 11.6 Å². The van der Waals surface area contributed by atoms with Crippen LogP contribution in [0.3, 0.4) is 0 Å². The molecule has 1 fully saturated rings. The van der Waals surface area contributed by atoms with Crippen LogP contribution >= 0.6 is 11.3 Å². The molecule has 1 saturated carbocycles. The number of anilines is 1. The lowest BCUT2D eigenvalue weighted by Crippen LogP contribution is -2.32. The van der Waals surface area contributed by atoms with Crippen molar-refractivity contribution in [1.29, 1.82) is 0 Å². The molecule has 0 bridgehead atoms. The standard InChI is InChI=1S/C31H29FN6O5S/c1-16-10-18(28-22(11-16)36-27(41-4)15-34-28)29-37-21-12-19(32)25(13-26(21)44-29)42-23-6-5-7-24(23)43-31(40)35-17-8-9-20(33-14-17)30(39)38(2)3/h8-15,23-24H,5-7H2,1-4H3,(H,35,40)/t23-,24+/m0/s1. The number of fused-ring (bicyclic) bond motifs is 2. The second-order valence-electron chi connectivity index (χ2n) is 10.6. The van der Waals surface area contributed by atoms with Crippen molar-refractivity contribution in [3.05, 3.63) is 65.9 Å². The van der Waals surface area contributed by atoms with E-state index in [1.54, 1.807) is 32.4 Å². The van der Waals surface area contributed by atoms with Crippen LogP contribution in [-0.4, -0.2) is 70.2 Å². The number of hydrogen-bond donors (Lipinski definition) is 1. The molecule has 1 aliphatic carbocycles. The molecular formula is C31H29FN6O5S. The number of nitrogens with one attached hydrogen (secondary N) is 1. The highest BCUT2D eigenvalue weighted by molar-refractivity contribution is 7.21. The van der Waals surface area contributed by atoms with Crippen molar-refractivity contribution in [2.24, 2.45) is 0 Å². The molecule has 226 valence electrons. The maximum atomic E-state index is 15.3. The van der Waals surface area contributed by atoms with E-state index in [2.05, 4.69) is 25.3 Å². The van der Waals surface area contributed by atoms with Crippen LogP contribution in [-0.2, 0) is 4.74 Å². The Kier molecular flexibility index (Phi) is 7.95. The predicted octanol–water partition coefficient (Wildman–Crippen LogP) is 6.01. The van der Waals surface area contributed by atoms with Gasteiger partial charge in [-0.2, -0.15) is 0 Å². The lowest BCUT2D eigenvalue weighted by Gasteiger charge is -2.22. The van der Waals surface area contributed by atoms with Gasteiger partial charge in [0.2, 0.25) is 5.88 Å². The smallest absolute Gasteiger partial charge is 0.412 e. The molecule has 1 aliphatic rings. The van der Waals surface area contributed by atoms with E-state index in [0.29, 0.717) is 46.0 Å². The summed E-state index contributed by atoms with van der Waals surface area (Å²) >= 11 is 1.40. The van der Waals surface area contributed by atoms with Gasteiger partial charge >= 0.3 is 6.09 Å². The first-order valence-electron chi connectivity index (χ1n) is 13.9. The second-order valence-corrected chi connectivity index (χ2v) is 11.7. The quantitative estimate of drug-likeness (QED) is 0.234. The predicted molar refractivity (Wildman–Crippen MR) is 164 cm³/mol. The van der Waals surface area contributed by atoms with Gasteiger partial charge in [0.25, 0.3) is 5.91 Å². The average Bonchev–Trinajstić information content (AvgIpc) is 3.62. The molecule has 3 aromatic heterocycles. The van der Waals surface area contributed by atoms with Crippen LogP contribution < -0.4 is 14.8 Å². The summed E-state index contributed by atoms with van der Waals surface area (Å²) in [5, 5.41) is 3.30. The molecule has 0 aliphatic heterocycles. The number of carbonyl (C=O) groups is 2. The number of aromatic nitrogens is 4. The monoisotopic (exact) mass is 616 g/mol. The number of thiazole rings is 1. The fourth-order valence-electron chi connectivity index (χ4n) is 5.08. The van der Waals surface area contributed by atoms with Crippen molar-refractivity contribution in [2.45, 2.75) is 38.4 Å². The van der Waals surface area contributed by atoms with Crippen LogP contribution in [0, 0.1) is 12.7 Å². The number of benzene rings is 2. The third kappa shape index (κ3) is 5.95. The van der Waals surface area contributed by atoms with Gasteiger partial charge < -0.3 is 19.1 Å². The molecule has 2 amide bonds. The Bertz CT molecular complexity index is 1880. The number of halogens is 1. The van der Waals surface area contributed by atoms with Crippen LogP contribution in [0.15, 0.2) is 48.8 Å². The molecule has 1 N–H and O–H groups in total. The third-order valence-corrected chi connectivity index (χ3v) is 8.27. The molecule has 6 rings (SSSR count). The van der Waals surface area contributed by atoms with Crippen molar-refractivity contribution < 1.29 is 28.2 Å². The number of methoxy groups -OCH3 is 1. The third-order valence-electron chi connectivity index (χ3n) is 7.21. The fourth-order valence-corrected chi connectivity index (χ4v) is 6.07. The highest BCUT2D eigenvalue weighted by Gasteiger charge is 2.33. The number of rotatable bonds is 7. The van der Waals surface area contributed by atoms with Gasteiger partial charge in [-0.05, 0) is 56.0 Å². The van der Waals surface area contributed by atoms with Crippen molar-refractivity contribution in [2.75, 3.05) is 26.5 Å². The van der Waals surface area contributed by atoms with Crippen LogP contribution in [0.1, 0.15) is 35.3 Å². The van der Waals surface area contributed by atoms with E-state index in [-0.39, 0.29) is 17.4 Å². The SMILES string of the molecule is COc1cnc2c(-c3nc4cc(F)c(O[C@H]5CCC[C@H]5OC(=O)Nc5ccc(C(=O)N(C)C)nc5)cc4s3)cc(C)cc2n1. The zero-order chi connectivity index (χ0) is 31.0. The Morgan fingerprint density at radius 2 is 1.84 bits per heavy atom. The van der Waals surface area contributed by atoms with E-state index >= 15 is 4.39 Å². The Balaban J connectivity index is 1.17. The van der Waals surface area contributed by atoms with Gasteiger partial charge in [0.15, 0.2) is 11.6 Å². The van der Waals surface area contributed by atoms with Crippen LogP contribution in [0.25, 0.3) is 31.8 Å². The lowest BCUT2D eigenvalue weighted by molar-refractivity contribution is 0.0401. The molecule has 0 saturated heterocycles. The zero-order valence-corrected chi connectivity index (χ0v) is 25.3. The Labute approximate surface area is 256 Å². The molecule has 0 unspecified atom stereocenters.